The highest BCUT2D eigenvalue weighted by molar-refractivity contribution is 5.71. The van der Waals surface area contributed by atoms with Gasteiger partial charge in [0.2, 0.25) is 0 Å². The third-order valence-electron chi connectivity index (χ3n) is 13.9. The molecule has 0 radical (unpaired) electrons. The number of esters is 3. The predicted octanol–water partition coefficient (Wildman–Crippen LogP) is 22.9. The second-order valence-corrected chi connectivity index (χ2v) is 21.6. The van der Waals surface area contributed by atoms with Crippen molar-refractivity contribution in [2.45, 2.75) is 303 Å². The largest absolute Gasteiger partial charge is 0.462 e. The van der Waals surface area contributed by atoms with E-state index in [9.17, 15) is 14.4 Å². The number of unbranched alkanes of at least 4 members (excludes halogenated alkanes) is 26. The molecule has 0 fully saturated rings. The molecule has 0 saturated carbocycles. The van der Waals surface area contributed by atoms with Gasteiger partial charge in [-0.2, -0.15) is 0 Å². The van der Waals surface area contributed by atoms with Crippen LogP contribution in [0.5, 0.6) is 0 Å². The molecule has 1 unspecified atom stereocenters. The Kier molecular flexibility index (Phi) is 63.3. The Morgan fingerprint density at radius 2 is 0.487 bits per heavy atom. The maximum Gasteiger partial charge on any atom is 0.306 e. The second-order valence-electron chi connectivity index (χ2n) is 21.6. The molecule has 0 spiro atoms. The lowest BCUT2D eigenvalue weighted by Crippen LogP contribution is -2.30. The number of hydrogen-bond acceptors (Lipinski definition) is 6. The summed E-state index contributed by atoms with van der Waals surface area (Å²) in [5.74, 6) is -0.929. The minimum Gasteiger partial charge on any atom is -0.462 e. The molecule has 1 atom stereocenters. The molecule has 0 rings (SSSR count). The van der Waals surface area contributed by atoms with Gasteiger partial charge in [0.15, 0.2) is 6.10 Å². The van der Waals surface area contributed by atoms with E-state index in [4.69, 9.17) is 14.2 Å². The molecular formula is C74H122O6. The Bertz CT molecular complexity index is 1700. The van der Waals surface area contributed by atoms with Crippen LogP contribution in [-0.2, 0) is 28.6 Å². The van der Waals surface area contributed by atoms with E-state index in [0.29, 0.717) is 19.3 Å². The molecule has 6 heteroatoms. The third kappa shape index (κ3) is 64.4. The van der Waals surface area contributed by atoms with Crippen molar-refractivity contribution in [3.63, 3.8) is 0 Å². The topological polar surface area (TPSA) is 78.9 Å². The fraction of sp³-hybridized carbons (Fsp3) is 0.662. The Balaban J connectivity index is 4.41. The quantitative estimate of drug-likeness (QED) is 0.0261. The first-order valence-corrected chi connectivity index (χ1v) is 33.2. The van der Waals surface area contributed by atoms with Gasteiger partial charge in [0.05, 0.1) is 0 Å². The molecule has 80 heavy (non-hydrogen) atoms. The minimum atomic E-state index is -0.800. The van der Waals surface area contributed by atoms with Crippen molar-refractivity contribution >= 4 is 17.9 Å². The van der Waals surface area contributed by atoms with Gasteiger partial charge in [0, 0.05) is 19.3 Å². The number of hydrogen-bond donors (Lipinski definition) is 0. The molecule has 0 aromatic rings. The Hall–Kier alpha value is -4.45. The highest BCUT2D eigenvalue weighted by Crippen LogP contribution is 2.15. The van der Waals surface area contributed by atoms with Crippen molar-refractivity contribution in [1.82, 2.24) is 0 Å². The predicted molar refractivity (Wildman–Crippen MR) is 348 cm³/mol. The second kappa shape index (κ2) is 67.1. The van der Waals surface area contributed by atoms with E-state index in [2.05, 4.69) is 154 Å². The minimum absolute atomic E-state index is 0.0948. The van der Waals surface area contributed by atoms with Gasteiger partial charge in [-0.15, -0.1) is 0 Å². The summed E-state index contributed by atoms with van der Waals surface area (Å²) >= 11 is 0. The summed E-state index contributed by atoms with van der Waals surface area (Å²) in [7, 11) is 0. The van der Waals surface area contributed by atoms with E-state index in [1.807, 2.05) is 0 Å². The highest BCUT2D eigenvalue weighted by Gasteiger charge is 2.19. The van der Waals surface area contributed by atoms with Crippen molar-refractivity contribution in [3.05, 3.63) is 134 Å². The summed E-state index contributed by atoms with van der Waals surface area (Å²) in [6.07, 6.45) is 94.5. The monoisotopic (exact) mass is 1110 g/mol. The van der Waals surface area contributed by atoms with Crippen molar-refractivity contribution in [2.24, 2.45) is 0 Å². The lowest BCUT2D eigenvalue weighted by atomic mass is 10.1. The molecule has 0 N–H and O–H groups in total. The number of ether oxygens (including phenoxy) is 3. The van der Waals surface area contributed by atoms with Crippen LogP contribution in [0.3, 0.4) is 0 Å². The molecule has 0 aliphatic carbocycles. The summed E-state index contributed by atoms with van der Waals surface area (Å²) < 4.78 is 16.9. The molecule has 0 aromatic carbocycles. The van der Waals surface area contributed by atoms with Gasteiger partial charge < -0.3 is 14.2 Å². The van der Waals surface area contributed by atoms with E-state index in [-0.39, 0.29) is 31.1 Å². The standard InChI is InChI=1S/C74H122O6/c1-4-7-10-13-16-19-22-25-28-30-32-33-34-35-36-37-38-39-40-41-43-44-46-49-52-55-58-61-64-67-73(76)79-70-71(69-78-72(75)66-63-60-57-54-51-48-27-24-21-18-15-12-9-6-3)80-74(77)68-65-62-59-56-53-50-47-45-42-31-29-26-23-20-17-14-11-8-5-2/h7,10,16-17,19-20,24-29,32-33,35-36,38-39,41,43,46,49,71H,4-6,8-9,11-15,18,21-23,30-31,34,37,40,42,44-45,47-48,50-70H2,1-3H3/b10-7-,19-16-,20-17-,27-24-,28-25-,29-26-,33-32-,36-35-,39-38-,43-41-,49-46-. The molecule has 0 aromatic heterocycles. The molecule has 0 heterocycles. The van der Waals surface area contributed by atoms with Gasteiger partial charge in [0.25, 0.3) is 0 Å². The first-order valence-electron chi connectivity index (χ1n) is 33.2. The van der Waals surface area contributed by atoms with Crippen LogP contribution in [0.4, 0.5) is 0 Å². The zero-order chi connectivity index (χ0) is 57.8. The summed E-state index contributed by atoms with van der Waals surface area (Å²) in [6.45, 7) is 6.47. The summed E-state index contributed by atoms with van der Waals surface area (Å²) in [5.41, 5.74) is 0. The average Bonchev–Trinajstić information content (AvgIpc) is 3.46. The van der Waals surface area contributed by atoms with Crippen molar-refractivity contribution in [3.8, 4) is 0 Å². The zero-order valence-electron chi connectivity index (χ0n) is 52.0. The van der Waals surface area contributed by atoms with E-state index < -0.39 is 6.10 Å². The van der Waals surface area contributed by atoms with Gasteiger partial charge in [-0.25, -0.2) is 0 Å². The van der Waals surface area contributed by atoms with Crippen LogP contribution in [0.2, 0.25) is 0 Å². The average molecular weight is 1110 g/mol. The number of allylic oxidation sites excluding steroid dienone is 22. The molecular weight excluding hydrogens is 985 g/mol. The maximum absolute atomic E-state index is 12.9. The van der Waals surface area contributed by atoms with Crippen LogP contribution in [0, 0.1) is 0 Å². The first kappa shape index (κ1) is 75.5. The van der Waals surface area contributed by atoms with E-state index >= 15 is 0 Å². The molecule has 0 aliphatic rings. The summed E-state index contributed by atoms with van der Waals surface area (Å²) in [4.78, 5) is 38.4. The van der Waals surface area contributed by atoms with E-state index in [1.165, 1.54) is 122 Å². The Labute approximate surface area is 494 Å². The van der Waals surface area contributed by atoms with Crippen LogP contribution in [0.25, 0.3) is 0 Å². The third-order valence-corrected chi connectivity index (χ3v) is 13.9. The first-order chi connectivity index (χ1) is 39.5. The van der Waals surface area contributed by atoms with Crippen molar-refractivity contribution < 1.29 is 28.6 Å². The fourth-order valence-electron chi connectivity index (χ4n) is 8.89. The van der Waals surface area contributed by atoms with Gasteiger partial charge in [-0.05, 0) is 141 Å². The number of carbonyl (C=O) groups is 3. The van der Waals surface area contributed by atoms with Gasteiger partial charge in [0.1, 0.15) is 13.2 Å². The molecule has 454 valence electrons. The van der Waals surface area contributed by atoms with E-state index in [0.717, 1.165) is 135 Å². The molecule has 0 amide bonds. The van der Waals surface area contributed by atoms with Crippen LogP contribution in [0.1, 0.15) is 297 Å². The van der Waals surface area contributed by atoms with Crippen LogP contribution in [0.15, 0.2) is 134 Å². The zero-order valence-corrected chi connectivity index (χ0v) is 52.0. The number of carbonyl (C=O) groups excluding carboxylic acids is 3. The maximum atomic E-state index is 12.9. The van der Waals surface area contributed by atoms with Crippen molar-refractivity contribution in [1.29, 1.82) is 0 Å². The molecule has 6 nitrogen and oxygen atoms in total. The van der Waals surface area contributed by atoms with Crippen molar-refractivity contribution in [2.75, 3.05) is 13.2 Å². The van der Waals surface area contributed by atoms with E-state index in [1.54, 1.807) is 0 Å². The van der Waals surface area contributed by atoms with Gasteiger partial charge in [-0.3, -0.25) is 14.4 Å². The summed E-state index contributed by atoms with van der Waals surface area (Å²) in [5, 5.41) is 0. The van der Waals surface area contributed by atoms with Crippen LogP contribution < -0.4 is 0 Å². The van der Waals surface area contributed by atoms with Gasteiger partial charge >= 0.3 is 17.9 Å². The van der Waals surface area contributed by atoms with Crippen LogP contribution in [-0.4, -0.2) is 37.2 Å². The fourth-order valence-corrected chi connectivity index (χ4v) is 8.89. The Morgan fingerprint density at radius 1 is 0.263 bits per heavy atom. The van der Waals surface area contributed by atoms with Gasteiger partial charge in [-0.1, -0.05) is 270 Å². The lowest BCUT2D eigenvalue weighted by Gasteiger charge is -2.18. The summed E-state index contributed by atoms with van der Waals surface area (Å²) in [6, 6.07) is 0. The lowest BCUT2D eigenvalue weighted by molar-refractivity contribution is -0.167. The molecule has 0 saturated heterocycles. The normalized spacial score (nSPS) is 13.0. The number of rotatable bonds is 59. The molecule has 0 aliphatic heterocycles. The van der Waals surface area contributed by atoms with Crippen LogP contribution >= 0.6 is 0 Å². The highest BCUT2D eigenvalue weighted by atomic mass is 16.6. The molecule has 0 bridgehead atoms. The SMILES string of the molecule is CC/C=C\C/C=C\C/C=C\C/C=C\C/C=C\C/C=C\C/C=C\C/C=C\CCCCCCC(=O)OCC(COC(=O)CCCCCCC/C=C\CCCCCCC)OC(=O)CCCCCCCCCCC/C=C\C/C=C\CCCCC. The smallest absolute Gasteiger partial charge is 0.306 e. The Morgan fingerprint density at radius 3 is 0.800 bits per heavy atom.